The van der Waals surface area contributed by atoms with Gasteiger partial charge in [0.1, 0.15) is 0 Å². The van der Waals surface area contributed by atoms with Crippen LogP contribution in [0.5, 0.6) is 0 Å². The molecule has 1 aliphatic heterocycles. The van der Waals surface area contributed by atoms with E-state index in [9.17, 15) is 13.2 Å². The van der Waals surface area contributed by atoms with Crippen LogP contribution in [0, 0.1) is 0 Å². The third-order valence-corrected chi connectivity index (χ3v) is 9.69. The highest BCUT2D eigenvalue weighted by Crippen LogP contribution is 2.38. The van der Waals surface area contributed by atoms with Crippen LogP contribution in [-0.2, 0) is 16.6 Å². The van der Waals surface area contributed by atoms with E-state index in [0.29, 0.717) is 24.7 Å². The van der Waals surface area contributed by atoms with Crippen LogP contribution in [0.3, 0.4) is 0 Å². The van der Waals surface area contributed by atoms with Crippen molar-refractivity contribution in [2.24, 2.45) is 5.73 Å². The third kappa shape index (κ3) is 4.59. The van der Waals surface area contributed by atoms with Gasteiger partial charge in [0.2, 0.25) is 10.0 Å². The number of aromatic nitrogens is 1. The number of amides is 1. The number of sulfonamides is 1. The summed E-state index contributed by atoms with van der Waals surface area (Å²) in [4.78, 5) is 16.8. The van der Waals surface area contributed by atoms with Gasteiger partial charge in [-0.05, 0) is 78.8 Å². The number of carbonyl (C=O) groups excluding carboxylic acids is 1. The molecule has 0 spiro atoms. The van der Waals surface area contributed by atoms with Crippen molar-refractivity contribution >= 4 is 38.2 Å². The molecule has 1 aromatic carbocycles. The molecule has 0 unspecified atom stereocenters. The summed E-state index contributed by atoms with van der Waals surface area (Å²) in [7, 11) is -3.16. The number of hydrogen-bond acceptors (Lipinski definition) is 5. The molecule has 176 valence electrons. The molecule has 3 aromatic rings. The van der Waals surface area contributed by atoms with Gasteiger partial charge in [0.25, 0.3) is 5.91 Å². The zero-order valence-electron chi connectivity index (χ0n) is 18.8. The summed E-state index contributed by atoms with van der Waals surface area (Å²) in [5, 5.41) is 6.68. The predicted molar refractivity (Wildman–Crippen MR) is 133 cm³/mol. The zero-order valence-corrected chi connectivity index (χ0v) is 20.4. The first-order valence-electron chi connectivity index (χ1n) is 11.6. The average molecular weight is 487 g/mol. The number of primary amides is 1. The molecular weight excluding hydrogens is 456 g/mol. The molecular formula is C24H30N4O3S2. The fourth-order valence-corrected chi connectivity index (χ4v) is 6.71. The van der Waals surface area contributed by atoms with Gasteiger partial charge in [0.15, 0.2) is 0 Å². The number of aromatic amines is 1. The Morgan fingerprint density at radius 2 is 1.94 bits per heavy atom. The first kappa shape index (κ1) is 22.6. The van der Waals surface area contributed by atoms with E-state index in [1.54, 1.807) is 22.6 Å². The number of thiophene rings is 1. The van der Waals surface area contributed by atoms with E-state index in [2.05, 4.69) is 27.8 Å². The molecule has 1 amide bonds. The second-order valence-corrected chi connectivity index (χ2v) is 12.3. The minimum absolute atomic E-state index is 0.134. The van der Waals surface area contributed by atoms with E-state index >= 15 is 0 Å². The first-order valence-corrected chi connectivity index (χ1v) is 14.1. The van der Waals surface area contributed by atoms with Crippen molar-refractivity contribution in [3.63, 3.8) is 0 Å². The number of piperidine rings is 1. The lowest BCUT2D eigenvalue weighted by molar-refractivity contribution is 0.100. The summed E-state index contributed by atoms with van der Waals surface area (Å²) in [6, 6.07) is 6.87. The lowest BCUT2D eigenvalue weighted by Gasteiger charge is -2.31. The van der Waals surface area contributed by atoms with Gasteiger partial charge in [-0.15, -0.1) is 11.3 Å². The summed E-state index contributed by atoms with van der Waals surface area (Å²) in [5.74, 6) is -0.0849. The molecule has 33 heavy (non-hydrogen) atoms. The van der Waals surface area contributed by atoms with Gasteiger partial charge in [0.05, 0.1) is 16.8 Å². The van der Waals surface area contributed by atoms with E-state index in [1.807, 2.05) is 12.3 Å². The minimum atomic E-state index is -3.16. The zero-order chi connectivity index (χ0) is 23.2. The van der Waals surface area contributed by atoms with Crippen LogP contribution in [0.1, 0.15) is 59.3 Å². The van der Waals surface area contributed by atoms with Crippen molar-refractivity contribution in [3.05, 3.63) is 45.8 Å². The van der Waals surface area contributed by atoms with Crippen molar-refractivity contribution in [3.8, 4) is 11.1 Å². The number of H-pyrrole nitrogens is 1. The van der Waals surface area contributed by atoms with Crippen LogP contribution in [-0.4, -0.2) is 48.5 Å². The molecule has 1 saturated carbocycles. The van der Waals surface area contributed by atoms with E-state index < -0.39 is 15.9 Å². The van der Waals surface area contributed by atoms with Gasteiger partial charge in [0, 0.05) is 42.1 Å². The fourth-order valence-electron chi connectivity index (χ4n) is 4.74. The van der Waals surface area contributed by atoms with Crippen molar-refractivity contribution in [1.29, 1.82) is 0 Å². The van der Waals surface area contributed by atoms with Crippen molar-refractivity contribution in [2.45, 2.75) is 51.1 Å². The summed E-state index contributed by atoms with van der Waals surface area (Å²) in [6.07, 6.45) is 6.01. The number of nitrogens with one attached hydrogen (secondary N) is 2. The number of rotatable bonds is 8. The van der Waals surface area contributed by atoms with Gasteiger partial charge in [-0.2, -0.15) is 0 Å². The molecule has 2 fully saturated rings. The second-order valence-electron chi connectivity index (χ2n) is 9.09. The summed E-state index contributed by atoms with van der Waals surface area (Å²) < 4.78 is 26.1. The van der Waals surface area contributed by atoms with Gasteiger partial charge in [-0.3, -0.25) is 4.79 Å². The van der Waals surface area contributed by atoms with Gasteiger partial charge in [-0.1, -0.05) is 0 Å². The average Bonchev–Trinajstić information content (AvgIpc) is 3.36. The monoisotopic (exact) mass is 486 g/mol. The largest absolute Gasteiger partial charge is 0.366 e. The quantitative estimate of drug-likeness (QED) is 0.450. The fraction of sp³-hybridized carbons (Fsp3) is 0.458. The molecule has 2 aliphatic rings. The lowest BCUT2D eigenvalue weighted by atomic mass is 9.88. The summed E-state index contributed by atoms with van der Waals surface area (Å²) >= 11 is 1.72. The number of benzene rings is 1. The molecule has 0 radical (unpaired) electrons. The van der Waals surface area contributed by atoms with Gasteiger partial charge < -0.3 is 16.0 Å². The predicted octanol–water partition coefficient (Wildman–Crippen LogP) is 3.78. The Balaban J connectivity index is 1.45. The highest BCUT2D eigenvalue weighted by Gasteiger charge is 2.29. The second kappa shape index (κ2) is 8.87. The Labute approximate surface area is 198 Å². The lowest BCUT2D eigenvalue weighted by Crippen LogP contribution is -2.38. The van der Waals surface area contributed by atoms with E-state index in [4.69, 9.17) is 5.73 Å². The standard InChI is InChI=1S/C24H30N4O3S2/c1-2-33(30,31)28-7-5-15(6-8-28)22-13-27-23-20(22)10-16(11-21(23)24(25)29)17-9-19(32-14-17)12-26-18-3-4-18/h9-11,13-15,18,26-27H,2-8,12H2,1H3,(H2,25,29). The molecule has 1 saturated heterocycles. The molecule has 0 bridgehead atoms. The van der Waals surface area contributed by atoms with Crippen LogP contribution < -0.4 is 11.1 Å². The van der Waals surface area contributed by atoms with Crippen LogP contribution in [0.4, 0.5) is 0 Å². The molecule has 4 N–H and O–H groups in total. The Morgan fingerprint density at radius 1 is 1.18 bits per heavy atom. The van der Waals surface area contributed by atoms with Crippen LogP contribution in [0.2, 0.25) is 0 Å². The van der Waals surface area contributed by atoms with E-state index in [1.165, 1.54) is 17.7 Å². The topological polar surface area (TPSA) is 108 Å². The maximum Gasteiger partial charge on any atom is 0.250 e. The smallest absolute Gasteiger partial charge is 0.250 e. The normalized spacial score (nSPS) is 18.2. The SMILES string of the molecule is CCS(=O)(=O)N1CCC(c2c[nH]c3c(C(N)=O)cc(-c4csc(CNC5CC5)c4)cc23)CC1. The molecule has 3 heterocycles. The number of nitrogens with two attached hydrogens (primary N) is 1. The molecule has 2 aromatic heterocycles. The summed E-state index contributed by atoms with van der Waals surface area (Å²) in [6.45, 7) is 3.61. The van der Waals surface area contributed by atoms with E-state index in [0.717, 1.165) is 47.0 Å². The Morgan fingerprint density at radius 3 is 2.61 bits per heavy atom. The number of hydrogen-bond donors (Lipinski definition) is 3. The number of carbonyl (C=O) groups is 1. The Bertz CT molecular complexity index is 1280. The van der Waals surface area contributed by atoms with Crippen molar-refractivity contribution in [1.82, 2.24) is 14.6 Å². The molecule has 9 heteroatoms. The van der Waals surface area contributed by atoms with E-state index in [-0.39, 0.29) is 11.7 Å². The van der Waals surface area contributed by atoms with Crippen molar-refractivity contribution < 1.29 is 13.2 Å². The molecule has 7 nitrogen and oxygen atoms in total. The Kier molecular flexibility index (Phi) is 6.07. The third-order valence-electron chi connectivity index (χ3n) is 6.87. The molecule has 1 aliphatic carbocycles. The molecule has 0 atom stereocenters. The molecule has 5 rings (SSSR count). The van der Waals surface area contributed by atoms with Gasteiger partial charge >= 0.3 is 0 Å². The highest BCUT2D eigenvalue weighted by molar-refractivity contribution is 7.89. The highest BCUT2D eigenvalue weighted by atomic mass is 32.2. The maximum absolute atomic E-state index is 12.3. The Hall–Kier alpha value is -2.20. The number of fused-ring (bicyclic) bond motifs is 1. The van der Waals surface area contributed by atoms with Crippen LogP contribution in [0.15, 0.2) is 29.8 Å². The maximum atomic E-state index is 12.3. The minimum Gasteiger partial charge on any atom is -0.366 e. The first-order chi connectivity index (χ1) is 15.9. The van der Waals surface area contributed by atoms with Gasteiger partial charge in [-0.25, -0.2) is 12.7 Å². The van der Waals surface area contributed by atoms with Crippen molar-refractivity contribution in [2.75, 3.05) is 18.8 Å². The van der Waals surface area contributed by atoms with Crippen LogP contribution in [0.25, 0.3) is 22.0 Å². The number of nitrogens with zero attached hydrogens (tertiary/aromatic N) is 1. The summed E-state index contributed by atoms with van der Waals surface area (Å²) in [5.41, 5.74) is 10.2. The van der Waals surface area contributed by atoms with Crippen LogP contribution >= 0.6 is 11.3 Å².